The molecule has 1 N–H and O–H groups in total. The molecule has 0 aliphatic rings. The van der Waals surface area contributed by atoms with Gasteiger partial charge in [0.15, 0.2) is 11.5 Å². The standard InChI is InChI=1S/C22H24Cl2N2O5/c1-5-30-20-16(23)9-14(10-17(20)24)19(27)18-13(4)15(11-25)21(28)26(22(18)29)7-6-8-31-12(2)3/h9-10,12,29H,5-8H2,1-4H3. The van der Waals surface area contributed by atoms with Crippen molar-refractivity contribution in [2.75, 3.05) is 13.2 Å². The van der Waals surface area contributed by atoms with E-state index in [2.05, 4.69) is 0 Å². The van der Waals surface area contributed by atoms with Gasteiger partial charge >= 0.3 is 0 Å². The summed E-state index contributed by atoms with van der Waals surface area (Å²) in [6.07, 6.45) is 0.429. The summed E-state index contributed by atoms with van der Waals surface area (Å²) >= 11 is 12.4. The van der Waals surface area contributed by atoms with Crippen molar-refractivity contribution in [1.82, 2.24) is 4.57 Å². The van der Waals surface area contributed by atoms with Gasteiger partial charge in [-0.3, -0.25) is 14.2 Å². The van der Waals surface area contributed by atoms with Crippen LogP contribution in [0.2, 0.25) is 10.0 Å². The van der Waals surface area contributed by atoms with Crippen molar-refractivity contribution in [1.29, 1.82) is 5.26 Å². The first kappa shape index (κ1) is 24.7. The van der Waals surface area contributed by atoms with Gasteiger partial charge in [0.25, 0.3) is 5.56 Å². The average molecular weight is 467 g/mol. The summed E-state index contributed by atoms with van der Waals surface area (Å²) in [5, 5.41) is 20.5. The van der Waals surface area contributed by atoms with Crippen LogP contribution in [0.5, 0.6) is 11.6 Å². The second kappa shape index (κ2) is 10.7. The number of pyridine rings is 1. The van der Waals surface area contributed by atoms with Crippen LogP contribution in [0.3, 0.4) is 0 Å². The first-order valence-electron chi connectivity index (χ1n) is 9.78. The molecule has 0 fully saturated rings. The van der Waals surface area contributed by atoms with Crippen molar-refractivity contribution in [2.24, 2.45) is 0 Å². The normalized spacial score (nSPS) is 10.9. The summed E-state index contributed by atoms with van der Waals surface area (Å²) in [5.41, 5.74) is -0.854. The molecule has 2 rings (SSSR count). The maximum absolute atomic E-state index is 13.2. The zero-order valence-corrected chi connectivity index (χ0v) is 19.3. The van der Waals surface area contributed by atoms with E-state index in [9.17, 15) is 20.0 Å². The van der Waals surface area contributed by atoms with E-state index < -0.39 is 17.2 Å². The Kier molecular flexibility index (Phi) is 8.52. The van der Waals surface area contributed by atoms with Crippen LogP contribution in [-0.4, -0.2) is 34.8 Å². The lowest BCUT2D eigenvalue weighted by atomic mass is 9.97. The minimum absolute atomic E-state index is 0.0179. The largest absolute Gasteiger partial charge is 0.494 e. The predicted octanol–water partition coefficient (Wildman–Crippen LogP) is 4.49. The van der Waals surface area contributed by atoms with E-state index >= 15 is 0 Å². The van der Waals surface area contributed by atoms with Crippen molar-refractivity contribution >= 4 is 29.0 Å². The minimum atomic E-state index is -0.665. The zero-order chi connectivity index (χ0) is 23.3. The summed E-state index contributed by atoms with van der Waals surface area (Å²) in [4.78, 5) is 25.9. The molecule has 0 bridgehead atoms. The number of hydrogen-bond acceptors (Lipinski definition) is 6. The van der Waals surface area contributed by atoms with E-state index in [1.54, 1.807) is 6.92 Å². The Morgan fingerprint density at radius 3 is 2.42 bits per heavy atom. The molecule has 0 saturated heterocycles. The van der Waals surface area contributed by atoms with Crippen molar-refractivity contribution in [3.8, 4) is 17.7 Å². The van der Waals surface area contributed by atoms with Gasteiger partial charge in [0.1, 0.15) is 11.6 Å². The number of halogens is 2. The van der Waals surface area contributed by atoms with Crippen molar-refractivity contribution in [2.45, 2.75) is 46.8 Å². The summed E-state index contributed by atoms with van der Waals surface area (Å²) in [7, 11) is 0. The molecule has 1 aromatic carbocycles. The Balaban J connectivity index is 2.55. The summed E-state index contributed by atoms with van der Waals surface area (Å²) in [6, 6.07) is 4.58. The Morgan fingerprint density at radius 1 is 1.29 bits per heavy atom. The van der Waals surface area contributed by atoms with Gasteiger partial charge in [0, 0.05) is 18.7 Å². The van der Waals surface area contributed by atoms with Gasteiger partial charge in [-0.2, -0.15) is 5.26 Å². The molecule has 0 atom stereocenters. The number of aromatic nitrogens is 1. The Hall–Kier alpha value is -2.53. The highest BCUT2D eigenvalue weighted by atomic mass is 35.5. The van der Waals surface area contributed by atoms with E-state index in [-0.39, 0.29) is 50.7 Å². The Morgan fingerprint density at radius 2 is 1.90 bits per heavy atom. The highest BCUT2D eigenvalue weighted by Crippen LogP contribution is 2.36. The molecule has 0 unspecified atom stereocenters. The van der Waals surface area contributed by atoms with Gasteiger partial charge < -0.3 is 14.6 Å². The SMILES string of the molecule is CCOc1c(Cl)cc(C(=O)c2c(C)c(C#N)c(=O)n(CCCOC(C)C)c2O)cc1Cl. The lowest BCUT2D eigenvalue weighted by molar-refractivity contribution is 0.0743. The van der Waals surface area contributed by atoms with Gasteiger partial charge in [0.05, 0.1) is 28.3 Å². The van der Waals surface area contributed by atoms with Crippen LogP contribution in [0, 0.1) is 18.3 Å². The number of nitrogens with zero attached hydrogens (tertiary/aromatic N) is 2. The second-order valence-corrected chi connectivity index (χ2v) is 7.89. The van der Waals surface area contributed by atoms with Gasteiger partial charge in [0.2, 0.25) is 5.88 Å². The van der Waals surface area contributed by atoms with Crippen LogP contribution in [0.4, 0.5) is 0 Å². The van der Waals surface area contributed by atoms with Crippen LogP contribution in [-0.2, 0) is 11.3 Å². The molecule has 1 heterocycles. The van der Waals surface area contributed by atoms with Crippen LogP contribution in [0.15, 0.2) is 16.9 Å². The monoisotopic (exact) mass is 466 g/mol. The number of benzene rings is 1. The number of aromatic hydroxyl groups is 1. The third-order valence-electron chi connectivity index (χ3n) is 4.55. The van der Waals surface area contributed by atoms with Crippen molar-refractivity contribution in [3.05, 3.63) is 54.8 Å². The highest BCUT2D eigenvalue weighted by molar-refractivity contribution is 6.38. The quantitative estimate of drug-likeness (QED) is 0.431. The van der Waals surface area contributed by atoms with Crippen LogP contribution >= 0.6 is 23.2 Å². The van der Waals surface area contributed by atoms with E-state index in [1.807, 2.05) is 19.9 Å². The molecule has 0 spiro atoms. The minimum Gasteiger partial charge on any atom is -0.494 e. The number of rotatable bonds is 9. The number of carbonyl (C=O) groups is 1. The third-order valence-corrected chi connectivity index (χ3v) is 5.12. The summed E-state index contributed by atoms with van der Waals surface area (Å²) in [6.45, 7) is 7.75. The number of ketones is 1. The van der Waals surface area contributed by atoms with Crippen molar-refractivity contribution < 1.29 is 19.4 Å². The molecule has 0 radical (unpaired) electrons. The molecule has 166 valence electrons. The highest BCUT2D eigenvalue weighted by Gasteiger charge is 2.26. The number of nitriles is 1. The first-order chi connectivity index (χ1) is 14.6. The molecule has 2 aromatic rings. The fourth-order valence-corrected chi connectivity index (χ4v) is 3.69. The van der Waals surface area contributed by atoms with E-state index in [4.69, 9.17) is 32.7 Å². The van der Waals surface area contributed by atoms with Crippen LogP contribution in [0.25, 0.3) is 0 Å². The lowest BCUT2D eigenvalue weighted by Gasteiger charge is -2.16. The smallest absolute Gasteiger partial charge is 0.271 e. The van der Waals surface area contributed by atoms with Crippen LogP contribution < -0.4 is 10.3 Å². The molecule has 0 aliphatic heterocycles. The fourth-order valence-electron chi connectivity index (χ4n) is 3.09. The Labute approximate surface area is 190 Å². The van der Waals surface area contributed by atoms with E-state index in [0.29, 0.717) is 19.6 Å². The molecular formula is C22H24Cl2N2O5. The number of ether oxygens (including phenoxy) is 2. The molecular weight excluding hydrogens is 443 g/mol. The molecule has 1 aromatic heterocycles. The van der Waals surface area contributed by atoms with Crippen LogP contribution in [0.1, 0.15) is 54.2 Å². The van der Waals surface area contributed by atoms with Crippen molar-refractivity contribution in [3.63, 3.8) is 0 Å². The molecule has 0 amide bonds. The molecule has 0 aliphatic carbocycles. The first-order valence-corrected chi connectivity index (χ1v) is 10.5. The third kappa shape index (κ3) is 5.40. The average Bonchev–Trinajstić information content (AvgIpc) is 2.69. The van der Waals surface area contributed by atoms with Gasteiger partial charge in [-0.25, -0.2) is 0 Å². The summed E-state index contributed by atoms with van der Waals surface area (Å²) in [5.74, 6) is -0.890. The van der Waals surface area contributed by atoms with Gasteiger partial charge in [-0.1, -0.05) is 23.2 Å². The molecule has 9 heteroatoms. The predicted molar refractivity (Wildman–Crippen MR) is 119 cm³/mol. The molecule has 31 heavy (non-hydrogen) atoms. The fraction of sp³-hybridized carbons (Fsp3) is 0.409. The molecule has 0 saturated carbocycles. The van der Waals surface area contributed by atoms with E-state index in [1.165, 1.54) is 19.1 Å². The number of hydrogen-bond donors (Lipinski definition) is 1. The topological polar surface area (TPSA) is 102 Å². The lowest BCUT2D eigenvalue weighted by Crippen LogP contribution is -2.27. The van der Waals surface area contributed by atoms with E-state index in [0.717, 1.165) is 4.57 Å². The number of carbonyl (C=O) groups excluding carboxylic acids is 1. The van der Waals surface area contributed by atoms with Gasteiger partial charge in [-0.05, 0) is 51.8 Å². The summed E-state index contributed by atoms with van der Waals surface area (Å²) < 4.78 is 11.8. The molecule has 7 nitrogen and oxygen atoms in total. The maximum Gasteiger partial charge on any atom is 0.271 e. The Bertz CT molecular complexity index is 1060. The maximum atomic E-state index is 13.2. The zero-order valence-electron chi connectivity index (χ0n) is 17.8. The second-order valence-electron chi connectivity index (χ2n) is 7.07. The van der Waals surface area contributed by atoms with Gasteiger partial charge in [-0.15, -0.1) is 0 Å².